The van der Waals surface area contributed by atoms with Crippen molar-refractivity contribution >= 4 is 39.5 Å². The van der Waals surface area contributed by atoms with Crippen LogP contribution in [-0.2, 0) is 65.4 Å². The zero-order valence-electron chi connectivity index (χ0n) is 66.9. The summed E-state index contributed by atoms with van der Waals surface area (Å²) in [5, 5.41) is 10.7. The van der Waals surface area contributed by atoms with Crippen molar-refractivity contribution in [2.24, 2.45) is 11.8 Å². The lowest BCUT2D eigenvalue weighted by atomic mass is 9.99. The highest BCUT2D eigenvalue weighted by atomic mass is 31.2. The van der Waals surface area contributed by atoms with E-state index >= 15 is 0 Å². The SMILES string of the molecule is CCCCCCCCCCCCCCCCCCCCCC(=O)O[C@H](COC(=O)CCCCCCCCCCCCCCCCC(C)C)COP(=O)(O)OC[C@@H](O)COP(=O)(O)OC[C@@H](COC(=O)CCCCCCCCCCCCCC)OC(=O)CCCCCCCCCCCCC(C)CC. The van der Waals surface area contributed by atoms with Gasteiger partial charge in [-0.15, -0.1) is 0 Å². The molecule has 0 spiro atoms. The van der Waals surface area contributed by atoms with Crippen LogP contribution in [0.2, 0.25) is 0 Å². The Morgan fingerprint density at radius 3 is 0.745 bits per heavy atom. The molecule has 0 aromatic rings. The smallest absolute Gasteiger partial charge is 0.462 e. The molecule has 0 radical (unpaired) electrons. The molecular formula is C83H162O17P2. The zero-order valence-corrected chi connectivity index (χ0v) is 68.7. The van der Waals surface area contributed by atoms with E-state index in [2.05, 4.69) is 41.5 Å². The normalized spacial score (nSPS) is 14.1. The molecule has 0 rings (SSSR count). The molecule has 0 fully saturated rings. The Bertz CT molecular complexity index is 1960. The number of carbonyl (C=O) groups is 4. The third-order valence-corrected chi connectivity index (χ3v) is 21.7. The van der Waals surface area contributed by atoms with Crippen LogP contribution in [-0.4, -0.2) is 96.7 Å². The molecule has 0 saturated heterocycles. The maximum absolute atomic E-state index is 13.1. The van der Waals surface area contributed by atoms with Gasteiger partial charge in [-0.2, -0.15) is 0 Å². The van der Waals surface area contributed by atoms with E-state index in [0.717, 1.165) is 102 Å². The van der Waals surface area contributed by atoms with E-state index < -0.39 is 97.5 Å². The summed E-state index contributed by atoms with van der Waals surface area (Å²) in [5.41, 5.74) is 0. The van der Waals surface area contributed by atoms with Crippen molar-refractivity contribution in [3.05, 3.63) is 0 Å². The number of esters is 4. The van der Waals surface area contributed by atoms with E-state index in [1.54, 1.807) is 0 Å². The summed E-state index contributed by atoms with van der Waals surface area (Å²) in [6.45, 7) is 9.70. The van der Waals surface area contributed by atoms with E-state index in [9.17, 15) is 43.2 Å². The van der Waals surface area contributed by atoms with Crippen molar-refractivity contribution in [3.63, 3.8) is 0 Å². The third-order valence-electron chi connectivity index (χ3n) is 19.8. The summed E-state index contributed by atoms with van der Waals surface area (Å²) in [6, 6.07) is 0. The molecule has 0 aromatic carbocycles. The lowest BCUT2D eigenvalue weighted by Gasteiger charge is -2.21. The molecule has 0 aliphatic carbocycles. The van der Waals surface area contributed by atoms with Gasteiger partial charge in [0.1, 0.15) is 19.3 Å². The second-order valence-corrected chi connectivity index (χ2v) is 33.5. The first-order valence-electron chi connectivity index (χ1n) is 43.0. The number of rotatable bonds is 82. The quantitative estimate of drug-likeness (QED) is 0.0222. The molecule has 0 aliphatic heterocycles. The summed E-state index contributed by atoms with van der Waals surface area (Å²) in [4.78, 5) is 73.1. The molecule has 0 aliphatic rings. The van der Waals surface area contributed by atoms with Crippen molar-refractivity contribution in [2.45, 2.75) is 458 Å². The van der Waals surface area contributed by atoms with Crippen LogP contribution in [0, 0.1) is 11.8 Å². The van der Waals surface area contributed by atoms with Crippen molar-refractivity contribution in [1.82, 2.24) is 0 Å². The Balaban J connectivity index is 5.26. The number of carbonyl (C=O) groups excluding carboxylic acids is 4. The van der Waals surface area contributed by atoms with Crippen LogP contribution in [0.3, 0.4) is 0 Å². The van der Waals surface area contributed by atoms with E-state index in [0.29, 0.717) is 25.7 Å². The van der Waals surface area contributed by atoms with E-state index in [4.69, 9.17) is 37.0 Å². The third kappa shape index (κ3) is 74.9. The Hall–Kier alpha value is -1.94. The van der Waals surface area contributed by atoms with Crippen molar-refractivity contribution in [2.75, 3.05) is 39.6 Å². The second-order valence-electron chi connectivity index (χ2n) is 30.6. The monoisotopic (exact) mass is 1490 g/mol. The number of ether oxygens (including phenoxy) is 4. The minimum absolute atomic E-state index is 0.107. The number of unbranched alkanes of at least 4 members (excludes halogenated alkanes) is 51. The highest BCUT2D eigenvalue weighted by molar-refractivity contribution is 7.47. The fourth-order valence-corrected chi connectivity index (χ4v) is 14.4. The van der Waals surface area contributed by atoms with Gasteiger partial charge in [0.2, 0.25) is 0 Å². The van der Waals surface area contributed by atoms with Gasteiger partial charge < -0.3 is 33.8 Å². The van der Waals surface area contributed by atoms with E-state index in [-0.39, 0.29) is 25.7 Å². The molecule has 102 heavy (non-hydrogen) atoms. The maximum atomic E-state index is 13.1. The molecule has 0 amide bonds. The number of hydrogen-bond donors (Lipinski definition) is 3. The van der Waals surface area contributed by atoms with Crippen LogP contribution in [0.4, 0.5) is 0 Å². The maximum Gasteiger partial charge on any atom is 0.472 e. The van der Waals surface area contributed by atoms with Gasteiger partial charge in [0.25, 0.3) is 0 Å². The predicted octanol–water partition coefficient (Wildman–Crippen LogP) is 25.1. The molecule has 0 saturated carbocycles. The summed E-state index contributed by atoms with van der Waals surface area (Å²) in [6.07, 6.45) is 65.0. The van der Waals surface area contributed by atoms with E-state index in [1.165, 1.54) is 257 Å². The first kappa shape index (κ1) is 100. The second kappa shape index (κ2) is 74.5. The molecule has 3 unspecified atom stereocenters. The van der Waals surface area contributed by atoms with Gasteiger partial charge >= 0.3 is 39.5 Å². The zero-order chi connectivity index (χ0) is 74.9. The highest BCUT2D eigenvalue weighted by Gasteiger charge is 2.30. The van der Waals surface area contributed by atoms with Crippen LogP contribution < -0.4 is 0 Å². The van der Waals surface area contributed by atoms with Gasteiger partial charge in [0.15, 0.2) is 12.2 Å². The number of aliphatic hydroxyl groups excluding tert-OH is 1. The lowest BCUT2D eigenvalue weighted by Crippen LogP contribution is -2.30. The Morgan fingerprint density at radius 2 is 0.500 bits per heavy atom. The summed E-state index contributed by atoms with van der Waals surface area (Å²) >= 11 is 0. The van der Waals surface area contributed by atoms with Crippen LogP contribution in [0.25, 0.3) is 0 Å². The average molecular weight is 1490 g/mol. The Labute approximate surface area is 626 Å². The van der Waals surface area contributed by atoms with Crippen LogP contribution in [0.5, 0.6) is 0 Å². The Kier molecular flexibility index (Phi) is 73.1. The fourth-order valence-electron chi connectivity index (χ4n) is 12.9. The highest BCUT2D eigenvalue weighted by Crippen LogP contribution is 2.45. The molecule has 606 valence electrons. The first-order chi connectivity index (χ1) is 49.4. The number of hydrogen-bond acceptors (Lipinski definition) is 15. The standard InChI is InChI=1S/C83H162O17P2/c1-7-10-12-14-16-18-20-22-23-24-25-26-27-32-36-43-49-55-61-67-82(87)99-78(71-94-81(86)66-60-54-48-42-35-31-29-28-30-33-39-45-51-57-63-75(4)5)73-97-101(89,90)95-69-77(84)70-96-102(91,92)98-74-79(72-93-80(85)65-59-53-47-41-34-21-19-17-15-13-11-8-2)100-83(88)68-62-56-50-44-38-37-40-46-52-58-64-76(6)9-3/h75-79,84H,7-74H2,1-6H3,(H,89,90)(H,91,92)/t76?,77-,78-,79-/m1/s1. The predicted molar refractivity (Wildman–Crippen MR) is 418 cm³/mol. The molecular weight excluding hydrogens is 1330 g/mol. The van der Waals surface area contributed by atoms with E-state index in [1.807, 2.05) is 0 Å². The molecule has 19 heteroatoms. The van der Waals surface area contributed by atoms with Gasteiger partial charge in [-0.3, -0.25) is 37.3 Å². The van der Waals surface area contributed by atoms with Crippen molar-refractivity contribution in [3.8, 4) is 0 Å². The van der Waals surface area contributed by atoms with Gasteiger partial charge in [0, 0.05) is 25.7 Å². The van der Waals surface area contributed by atoms with Gasteiger partial charge in [-0.25, -0.2) is 9.13 Å². The lowest BCUT2D eigenvalue weighted by molar-refractivity contribution is -0.161. The molecule has 0 aromatic heterocycles. The first-order valence-corrected chi connectivity index (χ1v) is 46.0. The van der Waals surface area contributed by atoms with Crippen molar-refractivity contribution < 1.29 is 80.2 Å². The van der Waals surface area contributed by atoms with Crippen molar-refractivity contribution in [1.29, 1.82) is 0 Å². The number of phosphoric ester groups is 2. The van der Waals surface area contributed by atoms with Crippen LogP contribution >= 0.6 is 15.6 Å². The summed E-state index contributed by atoms with van der Waals surface area (Å²) < 4.78 is 68.8. The molecule has 17 nitrogen and oxygen atoms in total. The fraction of sp³-hybridized carbons (Fsp3) is 0.952. The number of aliphatic hydroxyl groups is 1. The van der Waals surface area contributed by atoms with Gasteiger partial charge in [0.05, 0.1) is 26.4 Å². The van der Waals surface area contributed by atoms with Gasteiger partial charge in [-0.05, 0) is 37.5 Å². The largest absolute Gasteiger partial charge is 0.472 e. The molecule has 0 bridgehead atoms. The molecule has 3 N–H and O–H groups in total. The molecule has 6 atom stereocenters. The summed E-state index contributed by atoms with van der Waals surface area (Å²) in [5.74, 6) is -0.502. The minimum atomic E-state index is -4.96. The van der Waals surface area contributed by atoms with Gasteiger partial charge in [-0.1, -0.05) is 388 Å². The summed E-state index contributed by atoms with van der Waals surface area (Å²) in [7, 11) is -9.92. The van der Waals surface area contributed by atoms with Crippen LogP contribution in [0.15, 0.2) is 0 Å². The average Bonchev–Trinajstić information content (AvgIpc) is 1.03. The Morgan fingerprint density at radius 1 is 0.284 bits per heavy atom. The topological polar surface area (TPSA) is 237 Å². The minimum Gasteiger partial charge on any atom is -0.462 e. The molecule has 0 heterocycles. The van der Waals surface area contributed by atoms with Crippen LogP contribution in [0.1, 0.15) is 440 Å². The number of phosphoric acid groups is 2.